The van der Waals surface area contributed by atoms with Gasteiger partial charge in [0.25, 0.3) is 0 Å². The summed E-state index contributed by atoms with van der Waals surface area (Å²) in [5.41, 5.74) is 21.1. The number of aromatic nitrogens is 1. The molecule has 10 rings (SSSR count). The van der Waals surface area contributed by atoms with Crippen molar-refractivity contribution < 1.29 is 0 Å². The zero-order valence-corrected chi connectivity index (χ0v) is 29.2. The number of nitrogens with zero attached hydrogens (tertiary/aromatic N) is 2. The Morgan fingerprint density at radius 3 is 1.70 bits per heavy atom. The van der Waals surface area contributed by atoms with Gasteiger partial charge in [-0.2, -0.15) is 0 Å². The van der Waals surface area contributed by atoms with Gasteiger partial charge in [-0.1, -0.05) is 146 Å². The minimum Gasteiger partial charge on any atom is -0.326 e. The predicted molar refractivity (Wildman–Crippen MR) is 221 cm³/mol. The smallest absolute Gasteiger partial charge is 0.0714 e. The molecule has 0 atom stereocenters. The minimum atomic E-state index is -0.497. The fourth-order valence-electron chi connectivity index (χ4n) is 8.75. The molecular formula is C50H37N3. The van der Waals surface area contributed by atoms with Gasteiger partial charge < -0.3 is 15.2 Å². The lowest BCUT2D eigenvalue weighted by molar-refractivity contribution is 0.768. The van der Waals surface area contributed by atoms with Crippen molar-refractivity contribution in [3.05, 3.63) is 228 Å². The number of benzene rings is 8. The predicted octanol–water partition coefficient (Wildman–Crippen LogP) is 12.1. The van der Waals surface area contributed by atoms with Gasteiger partial charge >= 0.3 is 0 Å². The molecule has 9 aromatic rings. The molecule has 1 aliphatic carbocycles. The zero-order valence-electron chi connectivity index (χ0n) is 29.2. The number of anilines is 3. The van der Waals surface area contributed by atoms with Crippen LogP contribution in [0.5, 0.6) is 0 Å². The van der Waals surface area contributed by atoms with E-state index < -0.39 is 5.41 Å². The number of nitrogens with two attached hydrogens (primary N) is 1. The van der Waals surface area contributed by atoms with E-state index in [2.05, 4.69) is 210 Å². The molecule has 0 saturated carbocycles. The average molecular weight is 680 g/mol. The van der Waals surface area contributed by atoms with Gasteiger partial charge in [0.2, 0.25) is 0 Å². The summed E-state index contributed by atoms with van der Waals surface area (Å²) in [6, 6.07) is 72.9. The summed E-state index contributed by atoms with van der Waals surface area (Å²) in [4.78, 5) is 2.40. The van der Waals surface area contributed by atoms with Crippen LogP contribution in [0.1, 0.15) is 27.8 Å². The Labute approximate surface area is 309 Å². The standard InChI is InChI=1S/C50H37N3/c51-34-35-24-26-39(27-25-35)52(41-29-31-45-44-21-11-13-23-48(44)53(49(45)33-41)38-18-8-3-9-19-38)40-28-30-43-42-20-10-12-22-46(42)50(47(43)32-40,36-14-4-1-5-15-36)37-16-6-2-7-17-37/h1-33H,34,51H2. The third-order valence-electron chi connectivity index (χ3n) is 11.1. The minimum absolute atomic E-state index is 0.497. The molecule has 0 radical (unpaired) electrons. The topological polar surface area (TPSA) is 34.2 Å². The van der Waals surface area contributed by atoms with E-state index in [0.717, 1.165) is 33.8 Å². The van der Waals surface area contributed by atoms with E-state index in [1.54, 1.807) is 0 Å². The molecule has 0 spiro atoms. The Morgan fingerprint density at radius 2 is 0.981 bits per heavy atom. The van der Waals surface area contributed by atoms with Crippen molar-refractivity contribution in [3.8, 4) is 16.8 Å². The van der Waals surface area contributed by atoms with Crippen molar-refractivity contribution in [1.82, 2.24) is 4.57 Å². The largest absolute Gasteiger partial charge is 0.326 e. The van der Waals surface area contributed by atoms with Crippen molar-refractivity contribution in [1.29, 1.82) is 0 Å². The summed E-state index contributed by atoms with van der Waals surface area (Å²) >= 11 is 0. The van der Waals surface area contributed by atoms with Crippen molar-refractivity contribution >= 4 is 38.9 Å². The van der Waals surface area contributed by atoms with Crippen LogP contribution in [-0.4, -0.2) is 4.57 Å². The van der Waals surface area contributed by atoms with Crippen molar-refractivity contribution in [2.24, 2.45) is 5.73 Å². The molecule has 1 aliphatic rings. The van der Waals surface area contributed by atoms with Crippen LogP contribution in [0.4, 0.5) is 17.1 Å². The summed E-state index contributed by atoms with van der Waals surface area (Å²) in [5, 5.41) is 2.46. The average Bonchev–Trinajstić information content (AvgIpc) is 3.72. The highest BCUT2D eigenvalue weighted by Gasteiger charge is 2.46. The molecular weight excluding hydrogens is 643 g/mol. The van der Waals surface area contributed by atoms with Gasteiger partial charge in [0, 0.05) is 40.1 Å². The van der Waals surface area contributed by atoms with Crippen LogP contribution in [0.25, 0.3) is 38.6 Å². The molecule has 1 aromatic heterocycles. The number of hydrogen-bond acceptors (Lipinski definition) is 2. The molecule has 2 N–H and O–H groups in total. The molecule has 8 aromatic carbocycles. The number of para-hydroxylation sites is 2. The van der Waals surface area contributed by atoms with Gasteiger partial charge in [0.05, 0.1) is 16.4 Å². The first kappa shape index (κ1) is 31.1. The van der Waals surface area contributed by atoms with Gasteiger partial charge in [-0.15, -0.1) is 0 Å². The molecule has 0 unspecified atom stereocenters. The molecule has 53 heavy (non-hydrogen) atoms. The Kier molecular flexibility index (Phi) is 7.34. The Hall–Kier alpha value is -6.68. The summed E-state index contributed by atoms with van der Waals surface area (Å²) in [7, 11) is 0. The normalized spacial score (nSPS) is 12.8. The van der Waals surface area contributed by atoms with E-state index in [-0.39, 0.29) is 0 Å². The van der Waals surface area contributed by atoms with E-state index in [0.29, 0.717) is 6.54 Å². The number of fused-ring (bicyclic) bond motifs is 6. The van der Waals surface area contributed by atoms with E-state index >= 15 is 0 Å². The second kappa shape index (κ2) is 12.5. The maximum Gasteiger partial charge on any atom is 0.0714 e. The van der Waals surface area contributed by atoms with Gasteiger partial charge in [0.1, 0.15) is 0 Å². The second-order valence-corrected chi connectivity index (χ2v) is 13.9. The monoisotopic (exact) mass is 679 g/mol. The van der Waals surface area contributed by atoms with E-state index in [1.807, 2.05) is 0 Å². The van der Waals surface area contributed by atoms with E-state index in [4.69, 9.17) is 5.73 Å². The van der Waals surface area contributed by atoms with Crippen molar-refractivity contribution in [2.75, 3.05) is 4.90 Å². The van der Waals surface area contributed by atoms with E-state index in [1.165, 1.54) is 49.7 Å². The first-order valence-electron chi connectivity index (χ1n) is 18.3. The Bertz CT molecular complexity index is 2710. The lowest BCUT2D eigenvalue weighted by atomic mass is 9.67. The molecule has 0 aliphatic heterocycles. The van der Waals surface area contributed by atoms with Crippen LogP contribution in [0.2, 0.25) is 0 Å². The van der Waals surface area contributed by atoms with Gasteiger partial charge in [-0.05, 0) is 93.5 Å². The summed E-state index contributed by atoms with van der Waals surface area (Å²) in [6.45, 7) is 0.497. The molecule has 3 nitrogen and oxygen atoms in total. The molecule has 0 saturated heterocycles. The van der Waals surface area contributed by atoms with Gasteiger partial charge in [-0.25, -0.2) is 0 Å². The van der Waals surface area contributed by atoms with Crippen molar-refractivity contribution in [2.45, 2.75) is 12.0 Å². The summed E-state index contributed by atoms with van der Waals surface area (Å²) in [5.74, 6) is 0. The molecule has 0 amide bonds. The summed E-state index contributed by atoms with van der Waals surface area (Å²) < 4.78 is 2.39. The fraction of sp³-hybridized carbons (Fsp3) is 0.0400. The van der Waals surface area contributed by atoms with Crippen LogP contribution in [0.3, 0.4) is 0 Å². The Morgan fingerprint density at radius 1 is 0.434 bits per heavy atom. The third-order valence-corrected chi connectivity index (χ3v) is 11.1. The second-order valence-electron chi connectivity index (χ2n) is 13.9. The summed E-state index contributed by atoms with van der Waals surface area (Å²) in [6.07, 6.45) is 0. The van der Waals surface area contributed by atoms with Crippen LogP contribution in [-0.2, 0) is 12.0 Å². The van der Waals surface area contributed by atoms with E-state index in [9.17, 15) is 0 Å². The molecule has 0 bridgehead atoms. The van der Waals surface area contributed by atoms with Gasteiger partial charge in [-0.3, -0.25) is 0 Å². The first-order valence-corrected chi connectivity index (χ1v) is 18.3. The molecule has 252 valence electrons. The quantitative estimate of drug-likeness (QED) is 0.182. The third kappa shape index (κ3) is 4.78. The highest BCUT2D eigenvalue weighted by molar-refractivity contribution is 6.10. The van der Waals surface area contributed by atoms with Crippen LogP contribution in [0, 0.1) is 0 Å². The number of rotatable bonds is 7. The number of hydrogen-bond donors (Lipinski definition) is 1. The maximum absolute atomic E-state index is 6.10. The Balaban J connectivity index is 1.25. The highest BCUT2D eigenvalue weighted by Crippen LogP contribution is 2.57. The van der Waals surface area contributed by atoms with Crippen molar-refractivity contribution in [3.63, 3.8) is 0 Å². The van der Waals surface area contributed by atoms with Crippen LogP contribution < -0.4 is 10.6 Å². The lowest BCUT2D eigenvalue weighted by Crippen LogP contribution is -2.28. The first-order chi connectivity index (χ1) is 26.3. The fourth-order valence-corrected chi connectivity index (χ4v) is 8.75. The lowest BCUT2D eigenvalue weighted by Gasteiger charge is -2.35. The van der Waals surface area contributed by atoms with Gasteiger partial charge in [0.15, 0.2) is 0 Å². The molecule has 3 heteroatoms. The highest BCUT2D eigenvalue weighted by atomic mass is 15.1. The van der Waals surface area contributed by atoms with Crippen LogP contribution >= 0.6 is 0 Å². The SMILES string of the molecule is NCc1ccc(N(c2ccc3c(c2)C(c2ccccc2)(c2ccccc2)c2ccccc2-3)c2ccc3c4ccccc4n(-c4ccccc4)c3c2)cc1. The zero-order chi connectivity index (χ0) is 35.4. The van der Waals surface area contributed by atoms with Crippen LogP contribution in [0.15, 0.2) is 200 Å². The molecule has 0 fully saturated rings. The molecule has 1 heterocycles. The maximum atomic E-state index is 6.10.